The van der Waals surface area contributed by atoms with Gasteiger partial charge in [0.25, 0.3) is 5.69 Å². The van der Waals surface area contributed by atoms with Gasteiger partial charge in [0.2, 0.25) is 0 Å². The van der Waals surface area contributed by atoms with Crippen molar-refractivity contribution in [3.63, 3.8) is 0 Å². The Morgan fingerprint density at radius 1 is 1.65 bits per heavy atom. The van der Waals surface area contributed by atoms with Crippen molar-refractivity contribution < 1.29 is 18.8 Å². The number of ether oxygens (including phenoxy) is 1. The zero-order valence-corrected chi connectivity index (χ0v) is 9.05. The van der Waals surface area contributed by atoms with Crippen molar-refractivity contribution in [3.05, 3.63) is 39.7 Å². The highest BCUT2D eigenvalue weighted by Gasteiger charge is 2.21. The summed E-state index contributed by atoms with van der Waals surface area (Å²) in [4.78, 5) is 21.0. The maximum Gasteiger partial charge on any atom is 0.322 e. The van der Waals surface area contributed by atoms with Crippen LogP contribution in [0.4, 0.5) is 10.1 Å². The quantitative estimate of drug-likeness (QED) is 0.478. The Morgan fingerprint density at radius 2 is 2.29 bits per heavy atom. The Hall–Kier alpha value is -2.02. The molecule has 0 aliphatic rings. The number of esters is 1. The van der Waals surface area contributed by atoms with Gasteiger partial charge in [-0.3, -0.25) is 14.9 Å². The van der Waals surface area contributed by atoms with Crippen LogP contribution in [0.2, 0.25) is 0 Å². The number of nitrogens with two attached hydrogens (primary N) is 1. The molecular weight excluding hydrogens is 231 g/mol. The number of methoxy groups -OCH3 is 1. The number of carbonyl (C=O) groups excluding carboxylic acids is 1. The van der Waals surface area contributed by atoms with E-state index >= 15 is 0 Å². The second kappa shape index (κ2) is 5.35. The number of carbonyl (C=O) groups is 1. The summed E-state index contributed by atoms with van der Waals surface area (Å²) in [5, 5.41) is 10.7. The molecule has 0 aliphatic heterocycles. The van der Waals surface area contributed by atoms with Crippen LogP contribution < -0.4 is 5.73 Å². The van der Waals surface area contributed by atoms with E-state index in [0.29, 0.717) is 0 Å². The summed E-state index contributed by atoms with van der Waals surface area (Å²) in [5.41, 5.74) is 5.27. The predicted molar refractivity (Wildman–Crippen MR) is 56.7 cm³/mol. The monoisotopic (exact) mass is 242 g/mol. The van der Waals surface area contributed by atoms with E-state index in [1.54, 1.807) is 0 Å². The van der Waals surface area contributed by atoms with E-state index in [9.17, 15) is 19.3 Å². The first kappa shape index (κ1) is 13.0. The summed E-state index contributed by atoms with van der Waals surface area (Å²) in [6, 6.07) is 2.09. The molecule has 0 amide bonds. The normalized spacial score (nSPS) is 11.9. The highest BCUT2D eigenvalue weighted by atomic mass is 19.1. The Balaban J connectivity index is 2.98. The van der Waals surface area contributed by atoms with Crippen molar-refractivity contribution in [2.24, 2.45) is 5.73 Å². The second-order valence-electron chi connectivity index (χ2n) is 3.36. The van der Waals surface area contributed by atoms with E-state index in [0.717, 1.165) is 12.1 Å². The predicted octanol–water partition coefficient (Wildman–Crippen LogP) is 0.777. The Bertz CT molecular complexity index is 450. The van der Waals surface area contributed by atoms with Gasteiger partial charge >= 0.3 is 5.97 Å². The van der Waals surface area contributed by atoms with E-state index in [-0.39, 0.29) is 12.0 Å². The minimum atomic E-state index is -1.01. The van der Waals surface area contributed by atoms with Crippen LogP contribution in [-0.2, 0) is 16.0 Å². The van der Waals surface area contributed by atoms with Gasteiger partial charge in [-0.15, -0.1) is 0 Å². The van der Waals surface area contributed by atoms with Crippen LogP contribution in [0, 0.1) is 15.9 Å². The van der Waals surface area contributed by atoms with Gasteiger partial charge in [-0.1, -0.05) is 0 Å². The molecule has 1 rings (SSSR count). The van der Waals surface area contributed by atoms with E-state index in [1.807, 2.05) is 0 Å². The van der Waals surface area contributed by atoms with Gasteiger partial charge in [0, 0.05) is 12.0 Å². The molecule has 7 heteroatoms. The number of halogens is 1. The third kappa shape index (κ3) is 3.22. The molecule has 1 aromatic carbocycles. The van der Waals surface area contributed by atoms with Crippen molar-refractivity contribution in [1.29, 1.82) is 0 Å². The van der Waals surface area contributed by atoms with Crippen molar-refractivity contribution >= 4 is 11.7 Å². The SMILES string of the molecule is COC(=O)[C@H](N)Cc1ccc(F)cc1[N+](=O)[O-]. The molecule has 0 aliphatic carbocycles. The molecule has 0 unspecified atom stereocenters. The van der Waals surface area contributed by atoms with Crippen LogP contribution in [0.1, 0.15) is 5.56 Å². The maximum atomic E-state index is 12.8. The van der Waals surface area contributed by atoms with Crippen LogP contribution in [0.15, 0.2) is 18.2 Å². The van der Waals surface area contributed by atoms with Gasteiger partial charge in [-0.2, -0.15) is 0 Å². The van der Waals surface area contributed by atoms with Gasteiger partial charge in [0.05, 0.1) is 18.1 Å². The number of rotatable bonds is 4. The summed E-state index contributed by atoms with van der Waals surface area (Å²) in [6.07, 6.45) is -0.0801. The van der Waals surface area contributed by atoms with Crippen molar-refractivity contribution in [2.45, 2.75) is 12.5 Å². The van der Waals surface area contributed by atoms with E-state index in [1.165, 1.54) is 13.2 Å². The van der Waals surface area contributed by atoms with Crippen LogP contribution in [0.5, 0.6) is 0 Å². The average Bonchev–Trinajstić information content (AvgIpc) is 2.29. The zero-order valence-electron chi connectivity index (χ0n) is 9.05. The van der Waals surface area contributed by atoms with Gasteiger partial charge in [0.1, 0.15) is 11.9 Å². The fourth-order valence-electron chi connectivity index (χ4n) is 1.35. The molecule has 6 nitrogen and oxygen atoms in total. The van der Waals surface area contributed by atoms with E-state index in [4.69, 9.17) is 5.73 Å². The summed E-state index contributed by atoms with van der Waals surface area (Å²) < 4.78 is 17.2. The molecule has 0 spiro atoms. The molecule has 0 saturated carbocycles. The molecule has 0 fully saturated rings. The van der Waals surface area contributed by atoms with Crippen molar-refractivity contribution in [3.8, 4) is 0 Å². The Morgan fingerprint density at radius 3 is 2.82 bits per heavy atom. The summed E-state index contributed by atoms with van der Waals surface area (Å²) in [6.45, 7) is 0. The number of nitro benzene ring substituents is 1. The number of benzene rings is 1. The van der Waals surface area contributed by atoms with Crippen LogP contribution in [0.3, 0.4) is 0 Å². The number of hydrogen-bond donors (Lipinski definition) is 1. The third-order valence-electron chi connectivity index (χ3n) is 2.19. The minimum Gasteiger partial charge on any atom is -0.468 e. The molecule has 0 bridgehead atoms. The topological polar surface area (TPSA) is 95.5 Å². The van der Waals surface area contributed by atoms with Gasteiger partial charge < -0.3 is 10.5 Å². The fraction of sp³-hybridized carbons (Fsp3) is 0.300. The third-order valence-corrected chi connectivity index (χ3v) is 2.19. The van der Waals surface area contributed by atoms with Crippen LogP contribution in [-0.4, -0.2) is 24.0 Å². The van der Waals surface area contributed by atoms with Gasteiger partial charge in [-0.25, -0.2) is 4.39 Å². The number of nitro groups is 1. The minimum absolute atomic E-state index is 0.0801. The van der Waals surface area contributed by atoms with Crippen LogP contribution >= 0.6 is 0 Å². The largest absolute Gasteiger partial charge is 0.468 e. The molecule has 1 atom stereocenters. The maximum absolute atomic E-state index is 12.8. The first-order valence-electron chi connectivity index (χ1n) is 4.72. The van der Waals surface area contributed by atoms with Gasteiger partial charge in [0.15, 0.2) is 0 Å². The van der Waals surface area contributed by atoms with Crippen molar-refractivity contribution in [1.82, 2.24) is 0 Å². The molecule has 2 N–H and O–H groups in total. The standard InChI is InChI=1S/C10H11FN2O4/c1-17-10(14)8(12)4-6-2-3-7(11)5-9(6)13(15)16/h2-3,5,8H,4,12H2,1H3/t8-/m1/s1. The van der Waals surface area contributed by atoms with Gasteiger partial charge in [-0.05, 0) is 12.1 Å². The van der Waals surface area contributed by atoms with Crippen LogP contribution in [0.25, 0.3) is 0 Å². The van der Waals surface area contributed by atoms with E-state index < -0.39 is 28.4 Å². The summed E-state index contributed by atoms with van der Waals surface area (Å²) in [5.74, 6) is -1.39. The second-order valence-corrected chi connectivity index (χ2v) is 3.36. The fourth-order valence-corrected chi connectivity index (χ4v) is 1.35. The molecule has 17 heavy (non-hydrogen) atoms. The first-order valence-corrected chi connectivity index (χ1v) is 4.72. The summed E-state index contributed by atoms with van der Waals surface area (Å²) in [7, 11) is 1.17. The summed E-state index contributed by atoms with van der Waals surface area (Å²) >= 11 is 0. The molecule has 0 radical (unpaired) electrons. The lowest BCUT2D eigenvalue weighted by Gasteiger charge is -2.09. The molecule has 1 aromatic rings. The average molecular weight is 242 g/mol. The lowest BCUT2D eigenvalue weighted by Crippen LogP contribution is -2.33. The molecule has 0 aromatic heterocycles. The zero-order chi connectivity index (χ0) is 13.0. The van der Waals surface area contributed by atoms with Crippen molar-refractivity contribution in [2.75, 3.05) is 7.11 Å². The Kier molecular flexibility index (Phi) is 4.11. The van der Waals surface area contributed by atoms with E-state index in [2.05, 4.69) is 4.74 Å². The smallest absolute Gasteiger partial charge is 0.322 e. The lowest BCUT2D eigenvalue weighted by molar-refractivity contribution is -0.385. The molecular formula is C10H11FN2O4. The first-order chi connectivity index (χ1) is 7.95. The molecule has 92 valence electrons. The number of nitrogens with zero attached hydrogens (tertiary/aromatic N) is 1. The lowest BCUT2D eigenvalue weighted by atomic mass is 10.0. The molecule has 0 heterocycles. The number of hydrogen-bond acceptors (Lipinski definition) is 5. The highest BCUT2D eigenvalue weighted by Crippen LogP contribution is 2.21. The molecule has 0 saturated heterocycles. The highest BCUT2D eigenvalue weighted by molar-refractivity contribution is 5.76. The Labute approximate surface area is 96.3 Å².